The smallest absolute Gasteiger partial charge is 0.257 e. The van der Waals surface area contributed by atoms with E-state index >= 15 is 0 Å². The number of aryl methyl sites for hydroxylation is 1. The second-order valence-electron chi connectivity index (χ2n) is 4.58. The van der Waals surface area contributed by atoms with Crippen LogP contribution in [0.3, 0.4) is 0 Å². The Morgan fingerprint density at radius 3 is 2.95 bits per heavy atom. The normalized spacial score (nSPS) is 10.8. The van der Waals surface area contributed by atoms with Gasteiger partial charge < -0.3 is 15.5 Å². The Balaban J connectivity index is 1.90. The maximum absolute atomic E-state index is 12.2. The second-order valence-corrected chi connectivity index (χ2v) is 4.96. The van der Waals surface area contributed by atoms with E-state index in [-0.39, 0.29) is 10.9 Å². The molecule has 0 aliphatic heterocycles. The monoisotopic (exact) mass is 301 g/mol. The average Bonchev–Trinajstić information content (AvgIpc) is 2.81. The van der Waals surface area contributed by atoms with E-state index in [2.05, 4.69) is 10.3 Å². The molecule has 3 N–H and O–H groups in total. The van der Waals surface area contributed by atoms with Gasteiger partial charge in [-0.15, -0.1) is 0 Å². The van der Waals surface area contributed by atoms with Gasteiger partial charge in [0, 0.05) is 12.6 Å². The predicted molar refractivity (Wildman–Crippen MR) is 82.6 cm³/mol. The minimum Gasteiger partial charge on any atom is -0.441 e. The van der Waals surface area contributed by atoms with Crippen molar-refractivity contribution in [1.82, 2.24) is 4.98 Å². The zero-order valence-corrected chi connectivity index (χ0v) is 11.9. The first-order valence-corrected chi connectivity index (χ1v) is 6.65. The van der Waals surface area contributed by atoms with Gasteiger partial charge in [-0.1, -0.05) is 17.7 Å². The fourth-order valence-electron chi connectivity index (χ4n) is 2.04. The van der Waals surface area contributed by atoms with Crippen LogP contribution < -0.4 is 11.1 Å². The average molecular weight is 302 g/mol. The van der Waals surface area contributed by atoms with Gasteiger partial charge in [0.15, 0.2) is 11.5 Å². The second kappa shape index (κ2) is 5.10. The molecule has 0 atom stereocenters. The SMILES string of the molecule is Cc1nc2cc(NC(=O)c3cccc(N)c3Cl)ccc2o1. The summed E-state index contributed by atoms with van der Waals surface area (Å²) in [5.74, 6) is 0.249. The van der Waals surface area contributed by atoms with Crippen LogP contribution in [0.1, 0.15) is 16.2 Å². The summed E-state index contributed by atoms with van der Waals surface area (Å²) < 4.78 is 5.39. The molecule has 5 nitrogen and oxygen atoms in total. The summed E-state index contributed by atoms with van der Waals surface area (Å²) in [6.07, 6.45) is 0. The van der Waals surface area contributed by atoms with Crippen molar-refractivity contribution < 1.29 is 9.21 Å². The first kappa shape index (κ1) is 13.5. The summed E-state index contributed by atoms with van der Waals surface area (Å²) in [5, 5.41) is 3.01. The molecular formula is C15H12ClN3O2. The Kier molecular flexibility index (Phi) is 3.27. The number of nitrogens with two attached hydrogens (primary N) is 1. The molecule has 0 saturated carbocycles. The number of nitrogen functional groups attached to an aromatic ring is 1. The minimum atomic E-state index is -0.327. The van der Waals surface area contributed by atoms with Crippen LogP contribution in [0.5, 0.6) is 0 Å². The summed E-state index contributed by atoms with van der Waals surface area (Å²) in [7, 11) is 0. The third-order valence-electron chi connectivity index (χ3n) is 3.03. The Morgan fingerprint density at radius 1 is 1.33 bits per heavy atom. The number of carbonyl (C=O) groups is 1. The molecule has 0 saturated heterocycles. The van der Waals surface area contributed by atoms with Crippen LogP contribution >= 0.6 is 11.6 Å². The molecule has 1 aromatic heterocycles. The van der Waals surface area contributed by atoms with Crippen LogP contribution in [-0.4, -0.2) is 10.9 Å². The lowest BCUT2D eigenvalue weighted by Gasteiger charge is -2.08. The molecule has 21 heavy (non-hydrogen) atoms. The number of nitrogens with zero attached hydrogens (tertiary/aromatic N) is 1. The van der Waals surface area contributed by atoms with Gasteiger partial charge in [-0.25, -0.2) is 4.98 Å². The van der Waals surface area contributed by atoms with Crippen LogP contribution in [0, 0.1) is 6.92 Å². The molecule has 6 heteroatoms. The van der Waals surface area contributed by atoms with E-state index in [1.807, 2.05) is 0 Å². The lowest BCUT2D eigenvalue weighted by Crippen LogP contribution is -2.13. The molecule has 0 fully saturated rings. The number of rotatable bonds is 2. The van der Waals surface area contributed by atoms with Crippen LogP contribution in [0.25, 0.3) is 11.1 Å². The molecule has 1 amide bonds. The van der Waals surface area contributed by atoms with Crippen molar-refractivity contribution in [2.75, 3.05) is 11.1 Å². The molecule has 0 bridgehead atoms. The molecular weight excluding hydrogens is 290 g/mol. The number of anilines is 2. The topological polar surface area (TPSA) is 81.2 Å². The molecule has 0 aliphatic rings. The maximum Gasteiger partial charge on any atom is 0.257 e. The molecule has 2 aromatic carbocycles. The van der Waals surface area contributed by atoms with Crippen molar-refractivity contribution in [2.24, 2.45) is 0 Å². The molecule has 0 aliphatic carbocycles. The Bertz CT molecular complexity index is 842. The van der Waals surface area contributed by atoms with Crippen molar-refractivity contribution in [3.8, 4) is 0 Å². The van der Waals surface area contributed by atoms with Crippen LogP contribution in [0.15, 0.2) is 40.8 Å². The number of amides is 1. The number of aromatic nitrogens is 1. The highest BCUT2D eigenvalue weighted by atomic mass is 35.5. The quantitative estimate of drug-likeness (QED) is 0.708. The highest BCUT2D eigenvalue weighted by Gasteiger charge is 2.13. The number of fused-ring (bicyclic) bond motifs is 1. The third kappa shape index (κ3) is 2.55. The molecule has 3 rings (SSSR count). The molecule has 1 heterocycles. The van der Waals surface area contributed by atoms with E-state index in [0.717, 1.165) is 0 Å². The summed E-state index contributed by atoms with van der Waals surface area (Å²) in [6, 6.07) is 10.2. The first-order valence-electron chi connectivity index (χ1n) is 6.27. The zero-order valence-electron chi connectivity index (χ0n) is 11.2. The van der Waals surface area contributed by atoms with Crippen LogP contribution in [0.4, 0.5) is 11.4 Å². The van der Waals surface area contributed by atoms with Gasteiger partial charge in [0.2, 0.25) is 0 Å². The van der Waals surface area contributed by atoms with E-state index in [1.54, 1.807) is 43.3 Å². The van der Waals surface area contributed by atoms with Gasteiger partial charge in [0.1, 0.15) is 5.52 Å². The molecule has 0 radical (unpaired) electrons. The van der Waals surface area contributed by atoms with Crippen LogP contribution in [-0.2, 0) is 0 Å². The number of benzene rings is 2. The van der Waals surface area contributed by atoms with E-state index in [1.165, 1.54) is 0 Å². The lowest BCUT2D eigenvalue weighted by atomic mass is 10.2. The highest BCUT2D eigenvalue weighted by molar-refractivity contribution is 6.36. The van der Waals surface area contributed by atoms with Gasteiger partial charge in [-0.05, 0) is 30.3 Å². The number of oxazole rings is 1. The Labute approximate surface area is 125 Å². The van der Waals surface area contributed by atoms with Gasteiger partial charge in [-0.3, -0.25) is 4.79 Å². The van der Waals surface area contributed by atoms with Gasteiger partial charge >= 0.3 is 0 Å². The standard InChI is InChI=1S/C15H12ClN3O2/c1-8-18-12-7-9(5-6-13(12)21-8)19-15(20)10-3-2-4-11(17)14(10)16/h2-7H,17H2,1H3,(H,19,20). The Morgan fingerprint density at radius 2 is 2.14 bits per heavy atom. The van der Waals surface area contributed by atoms with Crippen molar-refractivity contribution in [3.63, 3.8) is 0 Å². The summed E-state index contributed by atoms with van der Waals surface area (Å²) >= 11 is 6.04. The highest BCUT2D eigenvalue weighted by Crippen LogP contribution is 2.25. The third-order valence-corrected chi connectivity index (χ3v) is 3.45. The molecule has 0 spiro atoms. The number of hydrogen-bond donors (Lipinski definition) is 2. The first-order chi connectivity index (χ1) is 10.0. The molecule has 106 valence electrons. The fourth-order valence-corrected chi connectivity index (χ4v) is 2.26. The fraction of sp³-hybridized carbons (Fsp3) is 0.0667. The number of nitrogens with one attached hydrogen (secondary N) is 1. The number of carbonyl (C=O) groups excluding carboxylic acids is 1. The van der Waals surface area contributed by atoms with Crippen LogP contribution in [0.2, 0.25) is 5.02 Å². The minimum absolute atomic E-state index is 0.244. The summed E-state index contributed by atoms with van der Waals surface area (Å²) in [5.41, 5.74) is 8.36. The van der Waals surface area contributed by atoms with E-state index in [9.17, 15) is 4.79 Å². The maximum atomic E-state index is 12.2. The van der Waals surface area contributed by atoms with Crippen molar-refractivity contribution >= 4 is 40.0 Å². The van der Waals surface area contributed by atoms with E-state index in [4.69, 9.17) is 21.8 Å². The van der Waals surface area contributed by atoms with Gasteiger partial charge in [0.25, 0.3) is 5.91 Å². The van der Waals surface area contributed by atoms with Crippen molar-refractivity contribution in [2.45, 2.75) is 6.92 Å². The zero-order chi connectivity index (χ0) is 15.0. The van der Waals surface area contributed by atoms with Crippen molar-refractivity contribution in [1.29, 1.82) is 0 Å². The molecule has 0 unspecified atom stereocenters. The number of halogens is 1. The predicted octanol–water partition coefficient (Wildman–Crippen LogP) is 3.62. The van der Waals surface area contributed by atoms with Gasteiger partial charge in [-0.2, -0.15) is 0 Å². The van der Waals surface area contributed by atoms with E-state index < -0.39 is 0 Å². The lowest BCUT2D eigenvalue weighted by molar-refractivity contribution is 0.102. The van der Waals surface area contributed by atoms with Gasteiger partial charge in [0.05, 0.1) is 16.3 Å². The van der Waals surface area contributed by atoms with E-state index in [0.29, 0.717) is 33.9 Å². The summed E-state index contributed by atoms with van der Waals surface area (Å²) in [6.45, 7) is 1.77. The summed E-state index contributed by atoms with van der Waals surface area (Å²) in [4.78, 5) is 16.5. The largest absolute Gasteiger partial charge is 0.441 e. The van der Waals surface area contributed by atoms with Crippen molar-refractivity contribution in [3.05, 3.63) is 52.9 Å². The Hall–Kier alpha value is -2.53. The number of hydrogen-bond acceptors (Lipinski definition) is 4. The molecule has 3 aromatic rings.